The Balaban J connectivity index is 1.26. The number of halogens is 2. The summed E-state index contributed by atoms with van der Waals surface area (Å²) in [5, 5.41) is 6.94. The first-order chi connectivity index (χ1) is 14.1. The van der Waals surface area contributed by atoms with Crippen molar-refractivity contribution in [2.45, 2.75) is 25.0 Å². The zero-order valence-corrected chi connectivity index (χ0v) is 15.7. The number of amides is 1. The molecule has 2 aromatic carbocycles. The Labute approximate surface area is 167 Å². The molecule has 2 aliphatic rings. The molecule has 1 fully saturated rings. The molecule has 0 aliphatic carbocycles. The van der Waals surface area contributed by atoms with Gasteiger partial charge in [-0.1, -0.05) is 29.4 Å². The van der Waals surface area contributed by atoms with Crippen molar-refractivity contribution in [1.29, 1.82) is 0 Å². The van der Waals surface area contributed by atoms with E-state index >= 15 is 0 Å². The highest BCUT2D eigenvalue weighted by Gasteiger charge is 2.32. The van der Waals surface area contributed by atoms with Crippen LogP contribution in [0.4, 0.5) is 8.78 Å². The summed E-state index contributed by atoms with van der Waals surface area (Å²) in [6.45, 7) is 1.13. The fourth-order valence-corrected chi connectivity index (χ4v) is 3.61. The van der Waals surface area contributed by atoms with Crippen LogP contribution in [0.15, 0.2) is 53.7 Å². The van der Waals surface area contributed by atoms with Gasteiger partial charge < -0.3 is 10.2 Å². The number of nitrogens with one attached hydrogen (secondary N) is 3. The van der Waals surface area contributed by atoms with Crippen LogP contribution in [0.1, 0.15) is 23.6 Å². The number of oxime groups is 1. The minimum Gasteiger partial charge on any atom is -0.382 e. The molecular formula is C21H22F2N4O2. The summed E-state index contributed by atoms with van der Waals surface area (Å²) >= 11 is 0. The molecular weight excluding hydrogens is 378 g/mol. The van der Waals surface area contributed by atoms with Gasteiger partial charge in [-0.05, 0) is 35.4 Å². The van der Waals surface area contributed by atoms with Gasteiger partial charge in [0.15, 0.2) is 0 Å². The summed E-state index contributed by atoms with van der Waals surface area (Å²) < 4.78 is 26.2. The summed E-state index contributed by atoms with van der Waals surface area (Å²) in [7, 11) is 0. The molecule has 29 heavy (non-hydrogen) atoms. The van der Waals surface area contributed by atoms with Gasteiger partial charge in [0.2, 0.25) is 6.10 Å². The number of carbonyl (C=O) groups is 1. The summed E-state index contributed by atoms with van der Waals surface area (Å²) in [5.41, 5.74) is 8.89. The van der Waals surface area contributed by atoms with Crippen LogP contribution in [-0.4, -0.2) is 30.8 Å². The maximum atomic E-state index is 13.1. The second-order valence-corrected chi connectivity index (χ2v) is 7.32. The Bertz CT molecular complexity index is 887. The monoisotopic (exact) mass is 400 g/mol. The molecule has 1 amide bonds. The van der Waals surface area contributed by atoms with Crippen molar-refractivity contribution in [3.05, 3.63) is 71.3 Å². The van der Waals surface area contributed by atoms with Crippen LogP contribution in [0.5, 0.6) is 0 Å². The fourth-order valence-electron chi connectivity index (χ4n) is 3.61. The van der Waals surface area contributed by atoms with Crippen molar-refractivity contribution in [3.8, 4) is 0 Å². The maximum Gasteiger partial charge on any atom is 0.264 e. The standard InChI is InChI=1S/C21H22F2N4O2/c22-16-5-1-13(2-6-16)9-18-10-19(29-27-18)21(28)24-11-15-12-25-26-20(15)14-3-7-17(23)8-4-14/h1-8,15,19-20,25-26H,9-12H2,(H,24,28). The first kappa shape index (κ1) is 19.5. The second-order valence-electron chi connectivity index (χ2n) is 7.32. The first-order valence-electron chi connectivity index (χ1n) is 9.56. The number of hydrogen-bond acceptors (Lipinski definition) is 5. The maximum absolute atomic E-state index is 13.1. The van der Waals surface area contributed by atoms with Gasteiger partial charge in [0.25, 0.3) is 5.91 Å². The van der Waals surface area contributed by atoms with E-state index in [1.807, 2.05) is 0 Å². The topological polar surface area (TPSA) is 74.8 Å². The van der Waals surface area contributed by atoms with E-state index in [2.05, 4.69) is 21.3 Å². The normalized spacial score (nSPS) is 23.5. The van der Waals surface area contributed by atoms with Gasteiger partial charge in [0.1, 0.15) is 11.6 Å². The minimum absolute atomic E-state index is 0.0225. The van der Waals surface area contributed by atoms with Gasteiger partial charge in [-0.15, -0.1) is 0 Å². The van der Waals surface area contributed by atoms with Crippen molar-refractivity contribution < 1.29 is 18.4 Å². The zero-order valence-electron chi connectivity index (χ0n) is 15.7. The lowest BCUT2D eigenvalue weighted by Crippen LogP contribution is -2.39. The number of nitrogens with zero attached hydrogens (tertiary/aromatic N) is 1. The van der Waals surface area contributed by atoms with Gasteiger partial charge in [0, 0.05) is 31.8 Å². The lowest BCUT2D eigenvalue weighted by Gasteiger charge is -2.20. The number of benzene rings is 2. The Morgan fingerprint density at radius 1 is 1.10 bits per heavy atom. The highest BCUT2D eigenvalue weighted by Crippen LogP contribution is 2.24. The Hall–Kier alpha value is -2.84. The molecule has 152 valence electrons. The summed E-state index contributed by atoms with van der Waals surface area (Å²) in [4.78, 5) is 17.8. The molecule has 0 saturated carbocycles. The predicted octanol–water partition coefficient (Wildman–Crippen LogP) is 2.23. The number of hydrogen-bond donors (Lipinski definition) is 3. The molecule has 0 bridgehead atoms. The highest BCUT2D eigenvalue weighted by molar-refractivity contribution is 5.93. The van der Waals surface area contributed by atoms with Crippen molar-refractivity contribution in [2.24, 2.45) is 11.1 Å². The molecule has 2 aromatic rings. The summed E-state index contributed by atoms with van der Waals surface area (Å²) in [6, 6.07) is 12.5. The van der Waals surface area contributed by atoms with E-state index in [4.69, 9.17) is 4.84 Å². The molecule has 3 unspecified atom stereocenters. The fraction of sp³-hybridized carbons (Fsp3) is 0.333. The summed E-state index contributed by atoms with van der Waals surface area (Å²) in [5.74, 6) is -0.664. The van der Waals surface area contributed by atoms with E-state index in [1.54, 1.807) is 24.3 Å². The molecule has 8 heteroatoms. The number of carbonyl (C=O) groups excluding carboxylic acids is 1. The Kier molecular flexibility index (Phi) is 5.82. The third-order valence-corrected chi connectivity index (χ3v) is 5.20. The largest absolute Gasteiger partial charge is 0.382 e. The average molecular weight is 400 g/mol. The molecule has 6 nitrogen and oxygen atoms in total. The third kappa shape index (κ3) is 4.78. The molecule has 0 aromatic heterocycles. The Morgan fingerprint density at radius 3 is 2.52 bits per heavy atom. The molecule has 3 atom stereocenters. The average Bonchev–Trinajstić information content (AvgIpc) is 3.38. The van der Waals surface area contributed by atoms with Crippen LogP contribution in [0, 0.1) is 17.6 Å². The molecule has 0 radical (unpaired) electrons. The van der Waals surface area contributed by atoms with E-state index in [0.717, 1.165) is 16.8 Å². The van der Waals surface area contributed by atoms with E-state index < -0.39 is 6.10 Å². The molecule has 3 N–H and O–H groups in total. The minimum atomic E-state index is -0.656. The summed E-state index contributed by atoms with van der Waals surface area (Å²) in [6.07, 6.45) is 0.274. The van der Waals surface area contributed by atoms with E-state index in [0.29, 0.717) is 25.9 Å². The molecule has 2 heterocycles. The third-order valence-electron chi connectivity index (χ3n) is 5.20. The van der Waals surface area contributed by atoms with Gasteiger partial charge in [0.05, 0.1) is 11.8 Å². The lowest BCUT2D eigenvalue weighted by molar-refractivity contribution is -0.131. The van der Waals surface area contributed by atoms with Crippen molar-refractivity contribution in [3.63, 3.8) is 0 Å². The zero-order chi connectivity index (χ0) is 20.2. The number of hydrazine groups is 1. The van der Waals surface area contributed by atoms with Gasteiger partial charge in [-0.2, -0.15) is 0 Å². The van der Waals surface area contributed by atoms with Crippen LogP contribution in [0.25, 0.3) is 0 Å². The van der Waals surface area contributed by atoms with Crippen LogP contribution in [0.3, 0.4) is 0 Å². The predicted molar refractivity (Wildman–Crippen MR) is 104 cm³/mol. The quantitative estimate of drug-likeness (QED) is 0.695. The van der Waals surface area contributed by atoms with E-state index in [9.17, 15) is 13.6 Å². The van der Waals surface area contributed by atoms with Crippen LogP contribution in [-0.2, 0) is 16.1 Å². The SMILES string of the molecule is O=C(NCC1CNNC1c1ccc(F)cc1)C1CC(Cc2ccc(F)cc2)=NO1. The smallest absolute Gasteiger partial charge is 0.264 e. The van der Waals surface area contributed by atoms with Gasteiger partial charge in [-0.3, -0.25) is 10.2 Å². The van der Waals surface area contributed by atoms with E-state index in [-0.39, 0.29) is 29.5 Å². The van der Waals surface area contributed by atoms with Crippen molar-refractivity contribution in [1.82, 2.24) is 16.2 Å². The van der Waals surface area contributed by atoms with E-state index in [1.165, 1.54) is 24.3 Å². The number of rotatable bonds is 6. The van der Waals surface area contributed by atoms with Gasteiger partial charge in [-0.25, -0.2) is 14.2 Å². The molecule has 1 saturated heterocycles. The highest BCUT2D eigenvalue weighted by atomic mass is 19.1. The van der Waals surface area contributed by atoms with Crippen molar-refractivity contribution in [2.75, 3.05) is 13.1 Å². The van der Waals surface area contributed by atoms with Crippen LogP contribution in [0.2, 0.25) is 0 Å². The first-order valence-corrected chi connectivity index (χ1v) is 9.56. The lowest BCUT2D eigenvalue weighted by atomic mass is 9.94. The Morgan fingerprint density at radius 2 is 1.79 bits per heavy atom. The molecule has 2 aliphatic heterocycles. The molecule has 4 rings (SSSR count). The van der Waals surface area contributed by atoms with Crippen LogP contribution < -0.4 is 16.2 Å². The molecule has 0 spiro atoms. The van der Waals surface area contributed by atoms with Gasteiger partial charge >= 0.3 is 0 Å². The van der Waals surface area contributed by atoms with Crippen LogP contribution >= 0.6 is 0 Å². The van der Waals surface area contributed by atoms with Crippen molar-refractivity contribution >= 4 is 11.6 Å². The second kappa shape index (κ2) is 8.67.